The Morgan fingerprint density at radius 3 is 2.55 bits per heavy atom. The maximum absolute atomic E-state index is 12.2. The molecule has 22 heavy (non-hydrogen) atoms. The molecule has 1 amide bonds. The smallest absolute Gasteiger partial charge is 0.413 e. The molecule has 0 bridgehead atoms. The first-order valence-electron chi connectivity index (χ1n) is 6.63. The van der Waals surface area contributed by atoms with E-state index in [0.29, 0.717) is 5.02 Å². The molecule has 0 aliphatic rings. The summed E-state index contributed by atoms with van der Waals surface area (Å²) in [5, 5.41) is 2.77. The average Bonchev–Trinajstić information content (AvgIpc) is 2.35. The fraction of sp³-hybridized carbons (Fsp3) is 0.400. The quantitative estimate of drug-likeness (QED) is 0.679. The molecule has 0 radical (unpaired) electrons. The molecule has 0 aliphatic carbocycles. The van der Waals surface area contributed by atoms with E-state index in [-0.39, 0.29) is 17.2 Å². The SMILES string of the molecule is CN(C)/C=C/C(=O)c1cc(Cl)cnc1NC(=O)OC(C)(C)C. The van der Waals surface area contributed by atoms with Gasteiger partial charge in [-0.3, -0.25) is 10.1 Å². The van der Waals surface area contributed by atoms with Crippen LogP contribution in [0, 0.1) is 0 Å². The number of aromatic nitrogens is 1. The number of hydrogen-bond donors (Lipinski definition) is 1. The van der Waals surface area contributed by atoms with Gasteiger partial charge in [0.25, 0.3) is 0 Å². The molecule has 7 heteroatoms. The highest BCUT2D eigenvalue weighted by Crippen LogP contribution is 2.19. The molecule has 1 rings (SSSR count). The van der Waals surface area contributed by atoms with Crippen molar-refractivity contribution in [2.75, 3.05) is 19.4 Å². The molecule has 0 aromatic carbocycles. The van der Waals surface area contributed by atoms with E-state index in [4.69, 9.17) is 16.3 Å². The van der Waals surface area contributed by atoms with Gasteiger partial charge in [0.2, 0.25) is 0 Å². The summed E-state index contributed by atoms with van der Waals surface area (Å²) in [5.41, 5.74) is -0.456. The summed E-state index contributed by atoms with van der Waals surface area (Å²) in [6, 6.07) is 1.45. The largest absolute Gasteiger partial charge is 0.444 e. The van der Waals surface area contributed by atoms with Crippen molar-refractivity contribution in [1.29, 1.82) is 0 Å². The van der Waals surface area contributed by atoms with E-state index in [9.17, 15) is 9.59 Å². The van der Waals surface area contributed by atoms with Crippen LogP contribution < -0.4 is 5.32 Å². The van der Waals surface area contributed by atoms with Crippen LogP contribution in [-0.4, -0.2) is 41.5 Å². The molecule has 0 fully saturated rings. The van der Waals surface area contributed by atoms with E-state index in [1.165, 1.54) is 18.3 Å². The minimum atomic E-state index is -0.687. The predicted octanol–water partition coefficient (Wildman–Crippen LogP) is 3.34. The third-order valence-corrected chi connectivity index (χ3v) is 2.47. The van der Waals surface area contributed by atoms with Crippen LogP contribution in [0.3, 0.4) is 0 Å². The van der Waals surface area contributed by atoms with E-state index >= 15 is 0 Å². The van der Waals surface area contributed by atoms with Gasteiger partial charge >= 0.3 is 6.09 Å². The van der Waals surface area contributed by atoms with Gasteiger partial charge in [-0.2, -0.15) is 0 Å². The third-order valence-electron chi connectivity index (χ3n) is 2.26. The lowest BCUT2D eigenvalue weighted by Crippen LogP contribution is -2.28. The van der Waals surface area contributed by atoms with E-state index in [0.717, 1.165) is 0 Å². The first-order valence-corrected chi connectivity index (χ1v) is 7.01. The van der Waals surface area contributed by atoms with Crippen molar-refractivity contribution in [3.8, 4) is 0 Å². The van der Waals surface area contributed by atoms with Crippen LogP contribution >= 0.6 is 11.6 Å². The molecule has 0 spiro atoms. The van der Waals surface area contributed by atoms with Gasteiger partial charge in [-0.25, -0.2) is 9.78 Å². The number of nitrogens with one attached hydrogen (secondary N) is 1. The van der Waals surface area contributed by atoms with E-state index < -0.39 is 11.7 Å². The molecule has 1 aromatic heterocycles. The van der Waals surface area contributed by atoms with Gasteiger partial charge in [0.05, 0.1) is 10.6 Å². The summed E-state index contributed by atoms with van der Waals surface area (Å²) >= 11 is 5.87. The number of hydrogen-bond acceptors (Lipinski definition) is 5. The third kappa shape index (κ3) is 6.13. The first-order chi connectivity index (χ1) is 10.1. The Kier molecular flexibility index (Phi) is 5.93. The lowest BCUT2D eigenvalue weighted by Gasteiger charge is -2.19. The highest BCUT2D eigenvalue weighted by atomic mass is 35.5. The van der Waals surface area contributed by atoms with E-state index in [1.54, 1.807) is 46.0 Å². The maximum atomic E-state index is 12.2. The van der Waals surface area contributed by atoms with Gasteiger partial charge in [-0.15, -0.1) is 0 Å². The number of anilines is 1. The molecule has 120 valence electrons. The average molecular weight is 326 g/mol. The molecule has 0 atom stereocenters. The predicted molar refractivity (Wildman–Crippen MR) is 86.3 cm³/mol. The Balaban J connectivity index is 3.01. The minimum Gasteiger partial charge on any atom is -0.444 e. The number of amides is 1. The molecule has 1 aromatic rings. The van der Waals surface area contributed by atoms with Gasteiger partial charge in [0.1, 0.15) is 11.4 Å². The van der Waals surface area contributed by atoms with Crippen LogP contribution in [0.25, 0.3) is 0 Å². The van der Waals surface area contributed by atoms with Crippen molar-refractivity contribution >= 4 is 29.3 Å². The zero-order valence-corrected chi connectivity index (χ0v) is 14.1. The fourth-order valence-corrected chi connectivity index (χ4v) is 1.59. The summed E-state index contributed by atoms with van der Waals surface area (Å²) in [5.74, 6) is -0.221. The standard InChI is InChI=1S/C15H20ClN3O3/c1-15(2,3)22-14(21)18-13-11(8-10(16)9-17-13)12(20)6-7-19(4)5/h6-9H,1-5H3,(H,17,18,21)/b7-6+. The van der Waals surface area contributed by atoms with Gasteiger partial charge in [0, 0.05) is 32.6 Å². The number of carbonyl (C=O) groups is 2. The maximum Gasteiger partial charge on any atom is 0.413 e. The number of carbonyl (C=O) groups excluding carboxylic acids is 2. The highest BCUT2D eigenvalue weighted by Gasteiger charge is 2.19. The lowest BCUT2D eigenvalue weighted by molar-refractivity contribution is 0.0635. The number of halogens is 1. The number of rotatable bonds is 4. The van der Waals surface area contributed by atoms with Gasteiger partial charge < -0.3 is 9.64 Å². The normalized spacial score (nSPS) is 11.4. The molecular formula is C15H20ClN3O3. The van der Waals surface area contributed by atoms with Crippen molar-refractivity contribution in [1.82, 2.24) is 9.88 Å². The second-order valence-corrected chi connectivity index (χ2v) is 6.26. The Labute approximate surface area is 135 Å². The second kappa shape index (κ2) is 7.26. The first kappa shape index (κ1) is 18.0. The van der Waals surface area contributed by atoms with Crippen LogP contribution in [0.5, 0.6) is 0 Å². The minimum absolute atomic E-state index is 0.104. The Bertz CT molecular complexity index is 592. The summed E-state index contributed by atoms with van der Waals surface area (Å²) < 4.78 is 5.14. The molecule has 0 aliphatic heterocycles. The van der Waals surface area contributed by atoms with Crippen LogP contribution in [0.2, 0.25) is 5.02 Å². The number of nitrogens with zero attached hydrogens (tertiary/aromatic N) is 2. The van der Waals surface area contributed by atoms with Crippen LogP contribution in [0.15, 0.2) is 24.5 Å². The zero-order chi connectivity index (χ0) is 16.9. The molecule has 6 nitrogen and oxygen atoms in total. The van der Waals surface area contributed by atoms with E-state index in [2.05, 4.69) is 10.3 Å². The van der Waals surface area contributed by atoms with Crippen LogP contribution in [-0.2, 0) is 4.74 Å². The van der Waals surface area contributed by atoms with E-state index in [1.807, 2.05) is 0 Å². The zero-order valence-electron chi connectivity index (χ0n) is 13.3. The summed E-state index contributed by atoms with van der Waals surface area (Å²) in [6.45, 7) is 5.23. The van der Waals surface area contributed by atoms with Gasteiger partial charge in [0.15, 0.2) is 5.78 Å². The van der Waals surface area contributed by atoms with Crippen molar-refractivity contribution < 1.29 is 14.3 Å². The van der Waals surface area contributed by atoms with Crippen molar-refractivity contribution in [3.05, 3.63) is 35.1 Å². The molecule has 0 saturated carbocycles. The summed E-state index contributed by atoms with van der Waals surface area (Å²) in [4.78, 5) is 29.7. The second-order valence-electron chi connectivity index (χ2n) is 5.82. The molecule has 0 saturated heterocycles. The molecule has 1 N–H and O–H groups in total. The number of pyridine rings is 1. The Hall–Kier alpha value is -2.08. The number of allylic oxidation sites excluding steroid dienone is 1. The summed E-state index contributed by atoms with van der Waals surface area (Å²) in [7, 11) is 3.58. The highest BCUT2D eigenvalue weighted by molar-refractivity contribution is 6.31. The monoisotopic (exact) mass is 325 g/mol. The fourth-order valence-electron chi connectivity index (χ4n) is 1.43. The number of ether oxygens (including phenoxy) is 1. The Morgan fingerprint density at radius 1 is 1.36 bits per heavy atom. The molecule has 1 heterocycles. The summed E-state index contributed by atoms with van der Waals surface area (Å²) in [6.07, 6.45) is 3.63. The van der Waals surface area contributed by atoms with Crippen LogP contribution in [0.4, 0.5) is 10.6 Å². The molecule has 0 unspecified atom stereocenters. The molecular weight excluding hydrogens is 306 g/mol. The van der Waals surface area contributed by atoms with Crippen LogP contribution in [0.1, 0.15) is 31.1 Å². The topological polar surface area (TPSA) is 71.5 Å². The Morgan fingerprint density at radius 2 is 2.00 bits per heavy atom. The van der Waals surface area contributed by atoms with Crippen molar-refractivity contribution in [3.63, 3.8) is 0 Å². The van der Waals surface area contributed by atoms with Crippen molar-refractivity contribution in [2.24, 2.45) is 0 Å². The van der Waals surface area contributed by atoms with Gasteiger partial charge in [-0.05, 0) is 26.8 Å². The lowest BCUT2D eigenvalue weighted by atomic mass is 10.1. The number of ketones is 1. The van der Waals surface area contributed by atoms with Crippen molar-refractivity contribution in [2.45, 2.75) is 26.4 Å². The van der Waals surface area contributed by atoms with Gasteiger partial charge in [-0.1, -0.05) is 11.6 Å².